The van der Waals surface area contributed by atoms with E-state index in [9.17, 15) is 0 Å². The van der Waals surface area contributed by atoms with Crippen molar-refractivity contribution < 1.29 is 0 Å². The van der Waals surface area contributed by atoms with Crippen LogP contribution in [0.15, 0.2) is 54.0 Å². The van der Waals surface area contributed by atoms with Crippen molar-refractivity contribution in [2.75, 3.05) is 18.6 Å². The number of allylic oxidation sites excluding steroid dienone is 1. The predicted octanol–water partition coefficient (Wildman–Crippen LogP) is 3.36. The molecular weight excluding hydrogens is 320 g/mol. The third-order valence-electron chi connectivity index (χ3n) is 3.56. The van der Waals surface area contributed by atoms with Crippen molar-refractivity contribution in [3.8, 4) is 0 Å². The van der Waals surface area contributed by atoms with Crippen LogP contribution in [0.5, 0.6) is 0 Å². The maximum Gasteiger partial charge on any atom is 0.180 e. The summed E-state index contributed by atoms with van der Waals surface area (Å²) in [5.74, 6) is 6.42. The van der Waals surface area contributed by atoms with Crippen LogP contribution in [0.4, 0.5) is 11.5 Å². The van der Waals surface area contributed by atoms with E-state index in [0.29, 0.717) is 0 Å². The van der Waals surface area contributed by atoms with Gasteiger partial charge < -0.3 is 10.3 Å². The van der Waals surface area contributed by atoms with Crippen LogP contribution in [-0.4, -0.2) is 32.7 Å². The summed E-state index contributed by atoms with van der Waals surface area (Å²) in [6.45, 7) is 2.00. The van der Waals surface area contributed by atoms with Gasteiger partial charge in [0.15, 0.2) is 11.5 Å². The molecule has 0 aliphatic rings. The lowest BCUT2D eigenvalue weighted by molar-refractivity contribution is 0.486. The van der Waals surface area contributed by atoms with Crippen molar-refractivity contribution in [1.82, 2.24) is 19.4 Å². The van der Waals surface area contributed by atoms with Gasteiger partial charge in [-0.3, -0.25) is 4.40 Å². The van der Waals surface area contributed by atoms with E-state index in [0.717, 1.165) is 28.4 Å². The summed E-state index contributed by atoms with van der Waals surface area (Å²) in [4.78, 5) is 10.1. The maximum absolute atomic E-state index is 5.70. The summed E-state index contributed by atoms with van der Waals surface area (Å²) in [7, 11) is 1.79. The van der Waals surface area contributed by atoms with Crippen LogP contribution in [-0.2, 0) is 0 Å². The minimum absolute atomic E-state index is 0.718. The number of thioether (sulfide) groups is 1. The summed E-state index contributed by atoms with van der Waals surface area (Å²) in [6.07, 6.45) is 9.41. The normalized spacial score (nSPS) is 11.8. The fourth-order valence-corrected chi connectivity index (χ4v) is 2.97. The van der Waals surface area contributed by atoms with E-state index in [1.54, 1.807) is 25.0 Å². The fourth-order valence-electron chi connectivity index (χ4n) is 2.51. The molecule has 124 valence electrons. The molecule has 0 amide bonds. The molecule has 0 spiro atoms. The Kier molecular flexibility index (Phi) is 4.73. The highest BCUT2D eigenvalue weighted by Gasteiger charge is 2.10. The van der Waals surface area contributed by atoms with Gasteiger partial charge in [0.2, 0.25) is 0 Å². The van der Waals surface area contributed by atoms with Crippen LogP contribution < -0.4 is 11.2 Å². The first kappa shape index (κ1) is 16.4. The second kappa shape index (κ2) is 6.94. The average Bonchev–Trinajstić information content (AvgIpc) is 2.99. The number of fused-ring (bicyclic) bond motifs is 1. The molecule has 0 fully saturated rings. The topological polar surface area (TPSA) is 71.5 Å². The summed E-state index contributed by atoms with van der Waals surface area (Å²) in [6, 6.07) is 8.21. The molecule has 0 saturated heterocycles. The molecule has 0 atom stereocenters. The van der Waals surface area contributed by atoms with Gasteiger partial charge in [0.1, 0.15) is 0 Å². The van der Waals surface area contributed by atoms with Crippen LogP contribution >= 0.6 is 11.8 Å². The molecule has 6 nitrogen and oxygen atoms in total. The van der Waals surface area contributed by atoms with Crippen LogP contribution in [0.2, 0.25) is 0 Å². The standard InChI is InChI=1S/C17H20N6S/c1-12(11-22(2)18)15-10-20-17-16(19-7-8-23(15)17)21-13-5-4-6-14(9-13)24-3/h4-11H,18H2,1-3H3,(H,19,21)/b12-11+. The third-order valence-corrected chi connectivity index (χ3v) is 4.29. The van der Waals surface area contributed by atoms with Crippen molar-refractivity contribution in [2.24, 2.45) is 5.84 Å². The molecule has 0 radical (unpaired) electrons. The molecule has 2 heterocycles. The highest BCUT2D eigenvalue weighted by molar-refractivity contribution is 7.98. The average molecular weight is 340 g/mol. The van der Waals surface area contributed by atoms with E-state index in [1.807, 2.05) is 42.1 Å². The lowest BCUT2D eigenvalue weighted by atomic mass is 10.2. The molecule has 0 aliphatic heterocycles. The van der Waals surface area contributed by atoms with Gasteiger partial charge in [0.05, 0.1) is 11.9 Å². The first-order valence-corrected chi connectivity index (χ1v) is 8.70. The van der Waals surface area contributed by atoms with E-state index in [-0.39, 0.29) is 0 Å². The number of anilines is 2. The van der Waals surface area contributed by atoms with E-state index in [4.69, 9.17) is 5.84 Å². The van der Waals surface area contributed by atoms with Crippen LogP contribution in [0.25, 0.3) is 11.2 Å². The van der Waals surface area contributed by atoms with Gasteiger partial charge in [-0.2, -0.15) is 0 Å². The highest BCUT2D eigenvalue weighted by Crippen LogP contribution is 2.25. The summed E-state index contributed by atoms with van der Waals surface area (Å²) < 4.78 is 2.00. The molecule has 2 aromatic heterocycles. The number of hydrazine groups is 1. The van der Waals surface area contributed by atoms with E-state index in [2.05, 4.69) is 33.7 Å². The van der Waals surface area contributed by atoms with Crippen molar-refractivity contribution in [1.29, 1.82) is 0 Å². The Morgan fingerprint density at radius 1 is 1.38 bits per heavy atom. The number of hydrogen-bond acceptors (Lipinski definition) is 6. The van der Waals surface area contributed by atoms with Gasteiger partial charge in [-0.1, -0.05) is 6.07 Å². The third kappa shape index (κ3) is 3.37. The van der Waals surface area contributed by atoms with Crippen molar-refractivity contribution >= 4 is 34.5 Å². The fraction of sp³-hybridized carbons (Fsp3) is 0.176. The minimum Gasteiger partial charge on any atom is -0.337 e. The SMILES string of the molecule is CSc1cccc(Nc2nccn3c(/C(C)=C/N(C)N)cnc23)c1. The number of aromatic nitrogens is 3. The second-order valence-electron chi connectivity index (χ2n) is 5.45. The zero-order valence-corrected chi connectivity index (χ0v) is 14.7. The molecule has 1 aromatic carbocycles. The monoisotopic (exact) mass is 340 g/mol. The Balaban J connectivity index is 1.99. The van der Waals surface area contributed by atoms with Crippen molar-refractivity contribution in [3.63, 3.8) is 0 Å². The Morgan fingerprint density at radius 3 is 2.96 bits per heavy atom. The Morgan fingerprint density at radius 2 is 2.21 bits per heavy atom. The number of nitrogens with one attached hydrogen (secondary N) is 1. The zero-order chi connectivity index (χ0) is 17.1. The Labute approximate surface area is 145 Å². The lowest BCUT2D eigenvalue weighted by Crippen LogP contribution is -2.19. The van der Waals surface area contributed by atoms with E-state index >= 15 is 0 Å². The zero-order valence-electron chi connectivity index (χ0n) is 13.9. The maximum atomic E-state index is 5.70. The predicted molar refractivity (Wildman–Crippen MR) is 100 cm³/mol. The van der Waals surface area contributed by atoms with Crippen LogP contribution in [0.1, 0.15) is 12.6 Å². The number of imidazole rings is 1. The molecule has 0 unspecified atom stereocenters. The summed E-state index contributed by atoms with van der Waals surface area (Å²) >= 11 is 1.71. The molecular formula is C17H20N6S. The molecule has 3 rings (SSSR count). The molecule has 0 saturated carbocycles. The second-order valence-corrected chi connectivity index (χ2v) is 6.33. The van der Waals surface area contributed by atoms with Gasteiger partial charge in [0, 0.05) is 36.2 Å². The number of benzene rings is 1. The van der Waals surface area contributed by atoms with E-state index in [1.165, 1.54) is 9.90 Å². The van der Waals surface area contributed by atoms with Gasteiger partial charge in [0.25, 0.3) is 0 Å². The molecule has 3 N–H and O–H groups in total. The van der Waals surface area contributed by atoms with Crippen molar-refractivity contribution in [2.45, 2.75) is 11.8 Å². The molecule has 0 aliphatic carbocycles. The first-order valence-electron chi connectivity index (χ1n) is 7.48. The van der Waals surface area contributed by atoms with Gasteiger partial charge in [-0.15, -0.1) is 11.8 Å². The molecule has 7 heteroatoms. The number of nitrogens with two attached hydrogens (primary N) is 1. The highest BCUT2D eigenvalue weighted by atomic mass is 32.2. The Hall–Kier alpha value is -2.51. The summed E-state index contributed by atoms with van der Waals surface area (Å²) in [5, 5.41) is 4.88. The largest absolute Gasteiger partial charge is 0.337 e. The minimum atomic E-state index is 0.718. The van der Waals surface area contributed by atoms with E-state index < -0.39 is 0 Å². The summed E-state index contributed by atoms with van der Waals surface area (Å²) in [5.41, 5.74) is 3.76. The first-order chi connectivity index (χ1) is 11.6. The van der Waals surface area contributed by atoms with Gasteiger partial charge >= 0.3 is 0 Å². The quantitative estimate of drug-likeness (QED) is 0.421. The number of nitrogens with zero attached hydrogens (tertiary/aromatic N) is 4. The van der Waals surface area contributed by atoms with Gasteiger partial charge in [-0.25, -0.2) is 15.8 Å². The number of hydrogen-bond donors (Lipinski definition) is 2. The molecule has 3 aromatic rings. The van der Waals surface area contributed by atoms with Gasteiger partial charge in [-0.05, 0) is 37.0 Å². The van der Waals surface area contributed by atoms with Crippen LogP contribution in [0, 0.1) is 0 Å². The number of rotatable bonds is 5. The Bertz CT molecular complexity index is 884. The molecule has 0 bridgehead atoms. The lowest BCUT2D eigenvalue weighted by Gasteiger charge is -2.10. The van der Waals surface area contributed by atoms with Crippen LogP contribution in [0.3, 0.4) is 0 Å². The smallest absolute Gasteiger partial charge is 0.180 e. The molecule has 24 heavy (non-hydrogen) atoms. The van der Waals surface area contributed by atoms with Crippen molar-refractivity contribution in [3.05, 3.63) is 54.7 Å².